The first-order valence-corrected chi connectivity index (χ1v) is 17.9. The molecule has 0 aliphatic rings. The highest BCUT2D eigenvalue weighted by Gasteiger charge is 2.21. The van der Waals surface area contributed by atoms with Crippen LogP contribution in [0.3, 0.4) is 0 Å². The molecule has 2 aromatic heterocycles. The van der Waals surface area contributed by atoms with E-state index in [1.165, 1.54) is 34.9 Å². The summed E-state index contributed by atoms with van der Waals surface area (Å²) in [4.78, 5) is 30.9. The van der Waals surface area contributed by atoms with Crippen LogP contribution in [0, 0.1) is 0 Å². The van der Waals surface area contributed by atoms with Crippen LogP contribution in [0.5, 0.6) is 0 Å². The Bertz CT molecular complexity index is 2000. The number of halogens is 2. The standard InChI is InChI=1S/C34H28Cl2N6O2S3/c1-20(46-33-41-40-31(42(33)2)25-15-13-23(35)17-26(25)36)32(44)37-24-14-16-27-28(18-24)47-34(38-27)45-19-29(43)39-30(21-9-5-3-6-10-21)22-11-7-4-8-12-22/h3-18,20,30H,19H2,1-2H3,(H,37,44)(H,39,43)/t20-/m0/s1. The topological polar surface area (TPSA) is 102 Å². The van der Waals surface area contributed by atoms with Gasteiger partial charge in [0.15, 0.2) is 15.3 Å². The van der Waals surface area contributed by atoms with E-state index in [4.69, 9.17) is 23.2 Å². The van der Waals surface area contributed by atoms with Crippen LogP contribution in [0.1, 0.15) is 24.1 Å². The molecule has 47 heavy (non-hydrogen) atoms. The Labute approximate surface area is 294 Å². The molecule has 0 fully saturated rings. The van der Waals surface area contributed by atoms with Crippen molar-refractivity contribution in [3.05, 3.63) is 118 Å². The summed E-state index contributed by atoms with van der Waals surface area (Å²) >= 11 is 16.6. The number of rotatable bonds is 11. The molecule has 1 atom stereocenters. The largest absolute Gasteiger partial charge is 0.344 e. The van der Waals surface area contributed by atoms with Gasteiger partial charge in [-0.25, -0.2) is 4.98 Å². The second-order valence-electron chi connectivity index (χ2n) is 10.5. The lowest BCUT2D eigenvalue weighted by molar-refractivity contribution is -0.119. The number of fused-ring (bicyclic) bond motifs is 1. The third kappa shape index (κ3) is 7.99. The molecule has 2 N–H and O–H groups in total. The Morgan fingerprint density at radius 2 is 1.62 bits per heavy atom. The van der Waals surface area contributed by atoms with E-state index < -0.39 is 5.25 Å². The molecule has 13 heteroatoms. The summed E-state index contributed by atoms with van der Waals surface area (Å²) in [6.45, 7) is 1.81. The molecular weight excluding hydrogens is 692 g/mol. The number of thiazole rings is 1. The van der Waals surface area contributed by atoms with Crippen molar-refractivity contribution in [1.82, 2.24) is 25.1 Å². The zero-order valence-electron chi connectivity index (χ0n) is 25.2. The Morgan fingerprint density at radius 3 is 2.30 bits per heavy atom. The maximum Gasteiger partial charge on any atom is 0.237 e. The van der Waals surface area contributed by atoms with Gasteiger partial charge < -0.3 is 15.2 Å². The van der Waals surface area contributed by atoms with Crippen molar-refractivity contribution in [1.29, 1.82) is 0 Å². The molecule has 0 spiro atoms. The highest BCUT2D eigenvalue weighted by Crippen LogP contribution is 2.34. The summed E-state index contributed by atoms with van der Waals surface area (Å²) in [6.07, 6.45) is 0. The number of thioether (sulfide) groups is 2. The van der Waals surface area contributed by atoms with Crippen molar-refractivity contribution in [2.45, 2.75) is 27.7 Å². The first-order chi connectivity index (χ1) is 22.7. The van der Waals surface area contributed by atoms with E-state index >= 15 is 0 Å². The van der Waals surface area contributed by atoms with Crippen molar-refractivity contribution in [3.63, 3.8) is 0 Å². The van der Waals surface area contributed by atoms with Crippen molar-refractivity contribution in [2.24, 2.45) is 7.05 Å². The number of benzene rings is 4. The van der Waals surface area contributed by atoms with Crippen LogP contribution >= 0.6 is 58.1 Å². The number of anilines is 1. The third-order valence-corrected chi connectivity index (χ3v) is 11.0. The summed E-state index contributed by atoms with van der Waals surface area (Å²) in [6, 6.07) is 30.4. The van der Waals surface area contributed by atoms with Gasteiger partial charge in [0.2, 0.25) is 11.8 Å². The van der Waals surface area contributed by atoms with Gasteiger partial charge in [0.1, 0.15) is 0 Å². The van der Waals surface area contributed by atoms with Gasteiger partial charge in [-0.05, 0) is 54.4 Å². The van der Waals surface area contributed by atoms with Gasteiger partial charge >= 0.3 is 0 Å². The number of nitrogens with one attached hydrogen (secondary N) is 2. The summed E-state index contributed by atoms with van der Waals surface area (Å²) < 4.78 is 3.49. The van der Waals surface area contributed by atoms with E-state index in [0.717, 1.165) is 25.7 Å². The van der Waals surface area contributed by atoms with Gasteiger partial charge in [0.25, 0.3) is 0 Å². The number of hydrogen-bond acceptors (Lipinski definition) is 8. The fraction of sp³-hybridized carbons (Fsp3) is 0.147. The molecule has 0 radical (unpaired) electrons. The molecule has 2 heterocycles. The van der Waals surface area contributed by atoms with Crippen LogP contribution in [0.15, 0.2) is 107 Å². The molecule has 4 aromatic carbocycles. The van der Waals surface area contributed by atoms with Gasteiger partial charge in [0.05, 0.1) is 32.3 Å². The van der Waals surface area contributed by atoms with Gasteiger partial charge in [-0.2, -0.15) is 0 Å². The van der Waals surface area contributed by atoms with Crippen molar-refractivity contribution in [3.8, 4) is 11.4 Å². The van der Waals surface area contributed by atoms with Crippen LogP contribution in [0.2, 0.25) is 10.0 Å². The molecule has 6 aromatic rings. The second kappa shape index (κ2) is 14.9. The van der Waals surface area contributed by atoms with E-state index in [0.29, 0.717) is 32.3 Å². The van der Waals surface area contributed by atoms with Crippen LogP contribution in [0.4, 0.5) is 5.69 Å². The third-order valence-electron chi connectivity index (χ3n) is 7.19. The number of aromatic nitrogens is 4. The first kappa shape index (κ1) is 33.0. The van der Waals surface area contributed by atoms with Crippen molar-refractivity contribution >= 4 is 85.8 Å². The zero-order chi connectivity index (χ0) is 32.9. The van der Waals surface area contributed by atoms with Gasteiger partial charge in [-0.3, -0.25) is 9.59 Å². The summed E-state index contributed by atoms with van der Waals surface area (Å²) in [7, 11) is 1.83. The van der Waals surface area contributed by atoms with Gasteiger partial charge in [-0.15, -0.1) is 21.5 Å². The van der Waals surface area contributed by atoms with Gasteiger partial charge in [-0.1, -0.05) is 107 Å². The van der Waals surface area contributed by atoms with Crippen molar-refractivity contribution in [2.75, 3.05) is 11.1 Å². The second-order valence-corrected chi connectivity index (χ2v) is 14.9. The van der Waals surface area contributed by atoms with Crippen molar-refractivity contribution < 1.29 is 9.59 Å². The normalized spacial score (nSPS) is 11.9. The smallest absolute Gasteiger partial charge is 0.237 e. The molecule has 0 saturated carbocycles. The molecular formula is C34H28Cl2N6O2S3. The van der Waals surface area contributed by atoms with E-state index in [2.05, 4.69) is 25.8 Å². The molecule has 0 bridgehead atoms. The maximum atomic E-state index is 13.1. The van der Waals surface area contributed by atoms with Crippen LogP contribution in [0.25, 0.3) is 21.6 Å². The number of hydrogen-bond donors (Lipinski definition) is 2. The SMILES string of the molecule is C[C@H](Sc1nnc(-c2ccc(Cl)cc2Cl)n1C)C(=O)Nc1ccc2nc(SCC(=O)NC(c3ccccc3)c3ccccc3)sc2c1. The Kier molecular flexibility index (Phi) is 10.5. The predicted octanol–water partition coefficient (Wildman–Crippen LogP) is 8.52. The average Bonchev–Trinajstić information content (AvgIpc) is 3.65. The van der Waals surface area contributed by atoms with Crippen LogP contribution in [-0.4, -0.2) is 42.6 Å². The molecule has 0 unspecified atom stereocenters. The monoisotopic (exact) mass is 718 g/mol. The number of nitrogens with zero attached hydrogens (tertiary/aromatic N) is 4. The van der Waals surface area contributed by atoms with Crippen LogP contribution < -0.4 is 10.6 Å². The highest BCUT2D eigenvalue weighted by atomic mass is 35.5. The van der Waals surface area contributed by atoms with E-state index in [1.807, 2.05) is 92.8 Å². The minimum atomic E-state index is -0.455. The lowest BCUT2D eigenvalue weighted by Gasteiger charge is -2.19. The molecule has 0 aliphatic carbocycles. The summed E-state index contributed by atoms with van der Waals surface area (Å²) in [5.41, 5.74) is 4.20. The van der Waals surface area contributed by atoms with E-state index in [-0.39, 0.29) is 23.6 Å². The fourth-order valence-corrected chi connectivity index (χ4v) is 8.03. The summed E-state index contributed by atoms with van der Waals surface area (Å²) in [5, 5.41) is 15.8. The lowest BCUT2D eigenvalue weighted by Crippen LogP contribution is -2.30. The molecule has 8 nitrogen and oxygen atoms in total. The lowest BCUT2D eigenvalue weighted by atomic mass is 9.99. The number of carbonyl (C=O) groups excluding carboxylic acids is 2. The number of amides is 2. The van der Waals surface area contributed by atoms with Gasteiger partial charge in [0, 0.05) is 23.3 Å². The maximum absolute atomic E-state index is 13.1. The minimum absolute atomic E-state index is 0.0855. The predicted molar refractivity (Wildman–Crippen MR) is 194 cm³/mol. The molecule has 238 valence electrons. The molecule has 0 saturated heterocycles. The fourth-order valence-electron chi connectivity index (χ4n) is 4.80. The minimum Gasteiger partial charge on any atom is -0.344 e. The van der Waals surface area contributed by atoms with Crippen LogP contribution in [-0.2, 0) is 16.6 Å². The average molecular weight is 720 g/mol. The molecule has 0 aliphatic heterocycles. The first-order valence-electron chi connectivity index (χ1n) is 14.5. The quantitative estimate of drug-likeness (QED) is 0.130. The molecule has 2 amide bonds. The Hall–Kier alpha value is -3.87. The number of carbonyl (C=O) groups is 2. The Balaban J connectivity index is 1.06. The van der Waals surface area contributed by atoms with E-state index in [1.54, 1.807) is 22.8 Å². The summed E-state index contributed by atoms with van der Waals surface area (Å²) in [5.74, 6) is 0.543. The Morgan fingerprint density at radius 1 is 0.915 bits per heavy atom. The van der Waals surface area contributed by atoms with E-state index in [9.17, 15) is 9.59 Å². The zero-order valence-corrected chi connectivity index (χ0v) is 29.1. The molecule has 6 rings (SSSR count). The highest BCUT2D eigenvalue weighted by molar-refractivity contribution is 8.01.